The number of nitrogens with zero attached hydrogens (tertiary/aromatic N) is 1. The van der Waals surface area contributed by atoms with Crippen LogP contribution < -0.4 is 5.56 Å². The minimum atomic E-state index is -0.131. The van der Waals surface area contributed by atoms with Gasteiger partial charge in [0.25, 0.3) is 5.56 Å². The fourth-order valence-electron chi connectivity index (χ4n) is 1.95. The van der Waals surface area contributed by atoms with Crippen LogP contribution in [0.3, 0.4) is 0 Å². The molecule has 1 aliphatic heterocycles. The van der Waals surface area contributed by atoms with Gasteiger partial charge in [-0.25, -0.2) is 0 Å². The molecule has 4 nitrogen and oxygen atoms in total. The molecule has 16 heavy (non-hydrogen) atoms. The van der Waals surface area contributed by atoms with E-state index < -0.39 is 0 Å². The average Bonchev–Trinajstić information content (AvgIpc) is 2.74. The van der Waals surface area contributed by atoms with Crippen LogP contribution in [0.5, 0.6) is 5.75 Å². The van der Waals surface area contributed by atoms with Crippen LogP contribution in [-0.2, 0) is 11.3 Å². The van der Waals surface area contributed by atoms with Gasteiger partial charge in [-0.1, -0.05) is 0 Å². The molecule has 0 aromatic carbocycles. The largest absolute Gasteiger partial charge is 0.507 e. The Kier molecular flexibility index (Phi) is 3.53. The van der Waals surface area contributed by atoms with Crippen molar-refractivity contribution in [2.24, 2.45) is 0 Å². The molecule has 0 spiro atoms. The van der Waals surface area contributed by atoms with Crippen LogP contribution in [0.1, 0.15) is 18.5 Å². The molecular formula is C11H14INO3. The number of aromatic hydroxyl groups is 1. The normalized spacial score (nSPS) is 20.2. The number of hydrogen-bond donors (Lipinski definition) is 1. The minimum Gasteiger partial charge on any atom is -0.507 e. The first kappa shape index (κ1) is 11.9. The fourth-order valence-corrected chi connectivity index (χ4v) is 2.39. The average molecular weight is 335 g/mol. The summed E-state index contributed by atoms with van der Waals surface area (Å²) in [6.45, 7) is 3.20. The van der Waals surface area contributed by atoms with E-state index in [1.165, 1.54) is 0 Å². The van der Waals surface area contributed by atoms with Crippen molar-refractivity contribution < 1.29 is 9.84 Å². The van der Waals surface area contributed by atoms with Gasteiger partial charge in [-0.3, -0.25) is 4.79 Å². The molecule has 1 atom stereocenters. The molecule has 88 valence electrons. The lowest BCUT2D eigenvalue weighted by molar-refractivity contribution is 0.0955. The van der Waals surface area contributed by atoms with Gasteiger partial charge in [0.1, 0.15) is 9.32 Å². The van der Waals surface area contributed by atoms with Crippen LogP contribution in [0.2, 0.25) is 0 Å². The third-order valence-electron chi connectivity index (χ3n) is 2.84. The lowest BCUT2D eigenvalue weighted by atomic mass is 10.2. The summed E-state index contributed by atoms with van der Waals surface area (Å²) in [5, 5.41) is 9.51. The second-order valence-electron chi connectivity index (χ2n) is 4.04. The van der Waals surface area contributed by atoms with Gasteiger partial charge in [-0.05, 0) is 42.4 Å². The molecule has 1 aromatic heterocycles. The number of ether oxygens (including phenoxy) is 1. The predicted molar refractivity (Wildman–Crippen MR) is 68.8 cm³/mol. The van der Waals surface area contributed by atoms with Gasteiger partial charge in [0.2, 0.25) is 0 Å². The molecule has 0 amide bonds. The van der Waals surface area contributed by atoms with E-state index in [1.807, 2.05) is 29.5 Å². The smallest absolute Gasteiger partial charge is 0.268 e. The van der Waals surface area contributed by atoms with Crippen molar-refractivity contribution in [3.63, 3.8) is 0 Å². The van der Waals surface area contributed by atoms with Crippen LogP contribution >= 0.6 is 22.6 Å². The summed E-state index contributed by atoms with van der Waals surface area (Å²) < 4.78 is 7.57. The Hall–Kier alpha value is -0.560. The third kappa shape index (κ3) is 2.24. The number of rotatable bonds is 2. The molecule has 0 saturated carbocycles. The van der Waals surface area contributed by atoms with E-state index in [0.29, 0.717) is 10.1 Å². The first-order valence-electron chi connectivity index (χ1n) is 5.30. The third-order valence-corrected chi connectivity index (χ3v) is 3.85. The van der Waals surface area contributed by atoms with Crippen molar-refractivity contribution in [2.75, 3.05) is 6.61 Å². The van der Waals surface area contributed by atoms with Crippen molar-refractivity contribution in [3.05, 3.63) is 25.7 Å². The highest BCUT2D eigenvalue weighted by Gasteiger charge is 2.18. The molecule has 1 aliphatic rings. The van der Waals surface area contributed by atoms with Crippen molar-refractivity contribution >= 4 is 22.6 Å². The predicted octanol–water partition coefficient (Wildman–Crippen LogP) is 1.65. The van der Waals surface area contributed by atoms with Gasteiger partial charge in [0.05, 0.1) is 12.6 Å². The zero-order valence-electron chi connectivity index (χ0n) is 9.07. The molecule has 1 saturated heterocycles. The fraction of sp³-hybridized carbons (Fsp3) is 0.545. The number of aromatic nitrogens is 1. The van der Waals surface area contributed by atoms with Crippen molar-refractivity contribution in [1.29, 1.82) is 0 Å². The molecular weight excluding hydrogens is 321 g/mol. The lowest BCUT2D eigenvalue weighted by Crippen LogP contribution is -2.29. The quantitative estimate of drug-likeness (QED) is 0.836. The number of halogens is 1. The Morgan fingerprint density at radius 1 is 1.69 bits per heavy atom. The first-order valence-corrected chi connectivity index (χ1v) is 6.38. The van der Waals surface area contributed by atoms with Crippen molar-refractivity contribution in [3.8, 4) is 5.75 Å². The Morgan fingerprint density at radius 3 is 3.06 bits per heavy atom. The molecule has 1 aromatic rings. The maximum atomic E-state index is 11.9. The van der Waals surface area contributed by atoms with Crippen LogP contribution in [0.25, 0.3) is 0 Å². The van der Waals surface area contributed by atoms with Crippen LogP contribution in [-0.4, -0.2) is 22.4 Å². The highest BCUT2D eigenvalue weighted by atomic mass is 127. The summed E-state index contributed by atoms with van der Waals surface area (Å²) in [4.78, 5) is 11.9. The Morgan fingerprint density at radius 2 is 2.44 bits per heavy atom. The molecule has 2 heterocycles. The molecule has 0 radical (unpaired) electrons. The molecule has 0 aliphatic carbocycles. The van der Waals surface area contributed by atoms with Gasteiger partial charge in [-0.15, -0.1) is 0 Å². The van der Waals surface area contributed by atoms with E-state index >= 15 is 0 Å². The molecule has 1 fully saturated rings. The van der Waals surface area contributed by atoms with Crippen molar-refractivity contribution in [1.82, 2.24) is 4.57 Å². The first-order chi connectivity index (χ1) is 7.59. The number of pyridine rings is 1. The van der Waals surface area contributed by atoms with E-state index in [2.05, 4.69) is 0 Å². The zero-order chi connectivity index (χ0) is 11.7. The van der Waals surface area contributed by atoms with E-state index in [1.54, 1.807) is 10.6 Å². The van der Waals surface area contributed by atoms with Gasteiger partial charge < -0.3 is 14.4 Å². The Labute approximate surface area is 107 Å². The SMILES string of the molecule is Cc1cc(O)c(I)c(=O)n1C[C@@H]1CCCO1. The van der Waals surface area contributed by atoms with E-state index in [0.717, 1.165) is 25.1 Å². The van der Waals surface area contributed by atoms with E-state index in [9.17, 15) is 9.90 Å². The zero-order valence-corrected chi connectivity index (χ0v) is 11.2. The number of aryl methyl sites for hydroxylation is 1. The topological polar surface area (TPSA) is 51.5 Å². The highest BCUT2D eigenvalue weighted by molar-refractivity contribution is 14.1. The second kappa shape index (κ2) is 4.75. The number of hydrogen-bond acceptors (Lipinski definition) is 3. The Bertz CT molecular complexity index is 449. The summed E-state index contributed by atoms with van der Waals surface area (Å²) in [5.41, 5.74) is 0.645. The lowest BCUT2D eigenvalue weighted by Gasteiger charge is -2.15. The van der Waals surface area contributed by atoms with Crippen LogP contribution in [0.4, 0.5) is 0 Å². The molecule has 1 N–H and O–H groups in total. The van der Waals surface area contributed by atoms with Crippen molar-refractivity contribution in [2.45, 2.75) is 32.4 Å². The molecule has 0 unspecified atom stereocenters. The molecule has 0 bridgehead atoms. The van der Waals surface area contributed by atoms with E-state index in [-0.39, 0.29) is 17.4 Å². The summed E-state index contributed by atoms with van der Waals surface area (Å²) in [6, 6.07) is 1.62. The van der Waals surface area contributed by atoms with Gasteiger partial charge in [0.15, 0.2) is 0 Å². The van der Waals surface area contributed by atoms with E-state index in [4.69, 9.17) is 4.74 Å². The van der Waals surface area contributed by atoms with Crippen LogP contribution in [0.15, 0.2) is 10.9 Å². The molecule has 5 heteroatoms. The monoisotopic (exact) mass is 335 g/mol. The Balaban J connectivity index is 2.32. The summed E-state index contributed by atoms with van der Waals surface area (Å²) in [7, 11) is 0. The maximum absolute atomic E-state index is 11.9. The summed E-state index contributed by atoms with van der Waals surface area (Å²) in [5.74, 6) is 0.0618. The summed E-state index contributed by atoms with van der Waals surface area (Å²) >= 11 is 1.87. The second-order valence-corrected chi connectivity index (χ2v) is 5.11. The standard InChI is InChI=1S/C11H14INO3/c1-7-5-9(14)10(12)11(15)13(7)6-8-3-2-4-16-8/h5,8,14H,2-4,6H2,1H3/t8-/m0/s1. The molecule has 2 rings (SSSR count). The van der Waals surface area contributed by atoms with Crippen LogP contribution in [0, 0.1) is 10.5 Å². The van der Waals surface area contributed by atoms with Gasteiger partial charge >= 0.3 is 0 Å². The van der Waals surface area contributed by atoms with Gasteiger partial charge in [-0.2, -0.15) is 0 Å². The summed E-state index contributed by atoms with van der Waals surface area (Å²) in [6.07, 6.45) is 2.20. The van der Waals surface area contributed by atoms with Gasteiger partial charge in [0, 0.05) is 18.4 Å². The minimum absolute atomic E-state index is 0.0618. The maximum Gasteiger partial charge on any atom is 0.268 e. The highest BCUT2D eigenvalue weighted by Crippen LogP contribution is 2.19.